The quantitative estimate of drug-likeness (QED) is 0.858. The summed E-state index contributed by atoms with van der Waals surface area (Å²) in [6, 6.07) is 9.24. The van der Waals surface area contributed by atoms with Crippen LogP contribution in [-0.4, -0.2) is 4.98 Å². The lowest BCUT2D eigenvalue weighted by molar-refractivity contribution is 0.301. The van der Waals surface area contributed by atoms with E-state index in [2.05, 4.69) is 24.9 Å². The summed E-state index contributed by atoms with van der Waals surface area (Å²) in [6.07, 6.45) is 1.88. The van der Waals surface area contributed by atoms with Crippen molar-refractivity contribution in [2.75, 3.05) is 5.73 Å². The standard InChI is InChI=1S/C15H17ClN2O/c1-10(2)11-3-5-13(18-8-11)9-19-15-6-4-12(17)7-14(15)16/h3-8,10H,9,17H2,1-2H3. The molecule has 0 aliphatic rings. The minimum atomic E-state index is 0.391. The molecule has 1 aromatic heterocycles. The highest BCUT2D eigenvalue weighted by molar-refractivity contribution is 6.32. The predicted molar refractivity (Wildman–Crippen MR) is 78.5 cm³/mol. The van der Waals surface area contributed by atoms with E-state index in [0.29, 0.717) is 29.0 Å². The molecule has 1 aromatic carbocycles. The topological polar surface area (TPSA) is 48.1 Å². The van der Waals surface area contributed by atoms with E-state index in [0.717, 1.165) is 5.69 Å². The summed E-state index contributed by atoms with van der Waals surface area (Å²) in [7, 11) is 0. The van der Waals surface area contributed by atoms with Crippen LogP contribution in [0.3, 0.4) is 0 Å². The van der Waals surface area contributed by atoms with Crippen molar-refractivity contribution in [2.24, 2.45) is 0 Å². The minimum absolute atomic E-state index is 0.391. The smallest absolute Gasteiger partial charge is 0.138 e. The van der Waals surface area contributed by atoms with Crippen molar-refractivity contribution >= 4 is 17.3 Å². The highest BCUT2D eigenvalue weighted by Gasteiger charge is 2.04. The van der Waals surface area contributed by atoms with Gasteiger partial charge in [0.2, 0.25) is 0 Å². The second kappa shape index (κ2) is 5.93. The number of aromatic nitrogens is 1. The van der Waals surface area contributed by atoms with Gasteiger partial charge in [-0.25, -0.2) is 0 Å². The Labute approximate surface area is 118 Å². The minimum Gasteiger partial charge on any atom is -0.486 e. The van der Waals surface area contributed by atoms with Crippen molar-refractivity contribution < 1.29 is 4.74 Å². The second-order valence-corrected chi connectivity index (χ2v) is 5.12. The monoisotopic (exact) mass is 276 g/mol. The van der Waals surface area contributed by atoms with Crippen LogP contribution in [0.2, 0.25) is 5.02 Å². The number of hydrogen-bond donors (Lipinski definition) is 1. The molecule has 2 aromatic rings. The molecule has 0 atom stereocenters. The van der Waals surface area contributed by atoms with Gasteiger partial charge in [0.05, 0.1) is 10.7 Å². The number of anilines is 1. The van der Waals surface area contributed by atoms with Gasteiger partial charge >= 0.3 is 0 Å². The van der Waals surface area contributed by atoms with Gasteiger partial charge in [-0.1, -0.05) is 31.5 Å². The van der Waals surface area contributed by atoms with Crippen molar-refractivity contribution in [1.82, 2.24) is 4.98 Å². The maximum absolute atomic E-state index is 6.04. The van der Waals surface area contributed by atoms with E-state index in [1.165, 1.54) is 5.56 Å². The number of pyridine rings is 1. The molecular weight excluding hydrogens is 260 g/mol. The third-order valence-corrected chi connectivity index (χ3v) is 3.14. The summed E-state index contributed by atoms with van der Waals surface area (Å²) in [6.45, 7) is 4.67. The lowest BCUT2D eigenvalue weighted by Gasteiger charge is -2.09. The third kappa shape index (κ3) is 3.61. The first-order chi connectivity index (χ1) is 9.06. The Bertz CT molecular complexity index is 553. The van der Waals surface area contributed by atoms with Gasteiger partial charge in [0, 0.05) is 11.9 Å². The number of hydrogen-bond acceptors (Lipinski definition) is 3. The molecule has 100 valence electrons. The Balaban J connectivity index is 2.02. The summed E-state index contributed by atoms with van der Waals surface area (Å²) < 4.78 is 5.63. The molecule has 19 heavy (non-hydrogen) atoms. The van der Waals surface area contributed by atoms with Crippen LogP contribution >= 0.6 is 11.6 Å². The van der Waals surface area contributed by atoms with Gasteiger partial charge in [0.1, 0.15) is 12.4 Å². The molecule has 0 saturated heterocycles. The highest BCUT2D eigenvalue weighted by Crippen LogP contribution is 2.27. The number of nitrogens with zero attached hydrogens (tertiary/aromatic N) is 1. The van der Waals surface area contributed by atoms with Crippen LogP contribution in [0.15, 0.2) is 36.5 Å². The molecule has 1 heterocycles. The zero-order valence-corrected chi connectivity index (χ0v) is 11.8. The molecule has 0 aliphatic carbocycles. The first-order valence-corrected chi connectivity index (χ1v) is 6.56. The summed E-state index contributed by atoms with van der Waals surface area (Å²) in [4.78, 5) is 4.37. The van der Waals surface area contributed by atoms with Crippen LogP contribution in [0.25, 0.3) is 0 Å². The molecule has 0 radical (unpaired) electrons. The largest absolute Gasteiger partial charge is 0.486 e. The lowest BCUT2D eigenvalue weighted by Crippen LogP contribution is -2.00. The molecule has 3 nitrogen and oxygen atoms in total. The molecule has 0 fully saturated rings. The van der Waals surface area contributed by atoms with E-state index in [-0.39, 0.29) is 0 Å². The Morgan fingerprint density at radius 1 is 1.26 bits per heavy atom. The van der Waals surface area contributed by atoms with Crippen LogP contribution in [0.1, 0.15) is 31.0 Å². The summed E-state index contributed by atoms with van der Waals surface area (Å²) in [5, 5.41) is 0.513. The van der Waals surface area contributed by atoms with Crippen LogP contribution in [-0.2, 0) is 6.61 Å². The Morgan fingerprint density at radius 2 is 2.05 bits per heavy atom. The number of benzene rings is 1. The molecule has 0 aliphatic heterocycles. The Morgan fingerprint density at radius 3 is 2.63 bits per heavy atom. The van der Waals surface area contributed by atoms with Crippen molar-refractivity contribution in [2.45, 2.75) is 26.4 Å². The van der Waals surface area contributed by atoms with E-state index in [9.17, 15) is 0 Å². The SMILES string of the molecule is CC(C)c1ccc(COc2ccc(N)cc2Cl)nc1. The molecule has 0 unspecified atom stereocenters. The third-order valence-electron chi connectivity index (χ3n) is 2.85. The first kappa shape index (κ1) is 13.7. The van der Waals surface area contributed by atoms with Gasteiger partial charge in [0.25, 0.3) is 0 Å². The number of nitrogens with two attached hydrogens (primary N) is 1. The fraction of sp³-hybridized carbons (Fsp3) is 0.267. The van der Waals surface area contributed by atoms with E-state index in [4.69, 9.17) is 22.1 Å². The molecule has 2 rings (SSSR count). The molecule has 0 amide bonds. The normalized spacial score (nSPS) is 10.7. The highest BCUT2D eigenvalue weighted by atomic mass is 35.5. The maximum Gasteiger partial charge on any atom is 0.138 e. The van der Waals surface area contributed by atoms with E-state index < -0.39 is 0 Å². The van der Waals surface area contributed by atoms with Gasteiger partial charge in [-0.05, 0) is 35.7 Å². The van der Waals surface area contributed by atoms with E-state index in [1.807, 2.05) is 12.3 Å². The molecule has 0 saturated carbocycles. The number of nitrogen functional groups attached to an aromatic ring is 1. The average Bonchev–Trinajstić information content (AvgIpc) is 2.38. The lowest BCUT2D eigenvalue weighted by atomic mass is 10.1. The van der Waals surface area contributed by atoms with Gasteiger partial charge < -0.3 is 10.5 Å². The van der Waals surface area contributed by atoms with Gasteiger partial charge in [-0.2, -0.15) is 0 Å². The summed E-state index contributed by atoms with van der Waals surface area (Å²) in [5.74, 6) is 1.10. The predicted octanol–water partition coefficient (Wildman–Crippen LogP) is 4.02. The van der Waals surface area contributed by atoms with Crippen molar-refractivity contribution in [3.8, 4) is 5.75 Å². The van der Waals surface area contributed by atoms with Crippen LogP contribution in [0.5, 0.6) is 5.75 Å². The number of halogens is 1. The summed E-state index contributed by atoms with van der Waals surface area (Å²) in [5.41, 5.74) is 8.34. The van der Waals surface area contributed by atoms with Crippen molar-refractivity contribution in [3.05, 3.63) is 52.8 Å². The van der Waals surface area contributed by atoms with Gasteiger partial charge in [-0.15, -0.1) is 0 Å². The van der Waals surface area contributed by atoms with E-state index >= 15 is 0 Å². The fourth-order valence-electron chi connectivity index (χ4n) is 1.65. The van der Waals surface area contributed by atoms with Gasteiger partial charge in [0.15, 0.2) is 0 Å². The van der Waals surface area contributed by atoms with Crippen molar-refractivity contribution in [3.63, 3.8) is 0 Å². The second-order valence-electron chi connectivity index (χ2n) is 4.72. The fourth-order valence-corrected chi connectivity index (χ4v) is 1.89. The first-order valence-electron chi connectivity index (χ1n) is 6.19. The molecule has 4 heteroatoms. The molecule has 2 N–H and O–H groups in total. The number of rotatable bonds is 4. The Kier molecular flexibility index (Phi) is 4.27. The van der Waals surface area contributed by atoms with Crippen LogP contribution < -0.4 is 10.5 Å². The van der Waals surface area contributed by atoms with E-state index in [1.54, 1.807) is 18.2 Å². The van der Waals surface area contributed by atoms with Crippen LogP contribution in [0, 0.1) is 0 Å². The van der Waals surface area contributed by atoms with Crippen LogP contribution in [0.4, 0.5) is 5.69 Å². The summed E-state index contributed by atoms with van der Waals surface area (Å²) >= 11 is 6.04. The average molecular weight is 277 g/mol. The zero-order chi connectivity index (χ0) is 13.8. The molecule has 0 spiro atoms. The van der Waals surface area contributed by atoms with Gasteiger partial charge in [-0.3, -0.25) is 4.98 Å². The Hall–Kier alpha value is -1.74. The number of ether oxygens (including phenoxy) is 1. The zero-order valence-electron chi connectivity index (χ0n) is 11.1. The molecule has 0 bridgehead atoms. The molecular formula is C15H17ClN2O. The maximum atomic E-state index is 6.04. The van der Waals surface area contributed by atoms with Crippen molar-refractivity contribution in [1.29, 1.82) is 0 Å².